The maximum Gasteiger partial charge on any atom is 0.391 e. The second-order valence-corrected chi connectivity index (χ2v) is 3.04. The molecule has 2 aromatic heterocycles. The minimum Gasteiger partial charge on any atom is -0.491 e. The van der Waals surface area contributed by atoms with E-state index in [2.05, 4.69) is 24.7 Å². The first-order valence-electron chi connectivity index (χ1n) is 4.87. The monoisotopic (exact) mass is 283 g/mol. The first-order valence-corrected chi connectivity index (χ1v) is 4.87. The van der Waals surface area contributed by atoms with Crippen molar-refractivity contribution >= 4 is 5.69 Å². The Morgan fingerprint density at radius 3 is 2.00 bits per heavy atom. The molecule has 0 fully saturated rings. The lowest BCUT2D eigenvalue weighted by molar-refractivity contribution is -0.387. The molecule has 0 bridgehead atoms. The van der Waals surface area contributed by atoms with E-state index in [0.29, 0.717) is 0 Å². The van der Waals surface area contributed by atoms with E-state index in [1.54, 1.807) is 0 Å². The van der Waals surface area contributed by atoms with Crippen molar-refractivity contribution in [3.8, 4) is 23.4 Å². The summed E-state index contributed by atoms with van der Waals surface area (Å²) in [5.41, 5.74) is -0.882. The average molecular weight is 283 g/mol. The van der Waals surface area contributed by atoms with Crippen molar-refractivity contribution in [1.29, 1.82) is 0 Å². The minimum absolute atomic E-state index is 0.132. The molecule has 0 aliphatic rings. The summed E-state index contributed by atoms with van der Waals surface area (Å²) >= 11 is 0. The normalized spacial score (nSPS) is 9.25. The molecule has 20 heavy (non-hydrogen) atoms. The molecule has 0 saturated carbocycles. The van der Waals surface area contributed by atoms with E-state index in [1.807, 2.05) is 0 Å². The van der Waals surface area contributed by atoms with E-state index in [0.717, 1.165) is 6.33 Å². The Hall–Kier alpha value is -3.24. The molecular formula is C9H9N5O6. The number of aromatic hydroxyl groups is 3. The summed E-state index contributed by atoms with van der Waals surface area (Å²) in [7, 11) is 1.44. The summed E-state index contributed by atoms with van der Waals surface area (Å²) in [5.74, 6) is -1.53. The number of methoxy groups -OCH3 is 1. The molecule has 0 aliphatic carbocycles. The number of hydrogen-bond acceptors (Lipinski definition) is 10. The molecule has 0 unspecified atom stereocenters. The van der Waals surface area contributed by atoms with Crippen molar-refractivity contribution in [3.05, 3.63) is 29.0 Å². The van der Waals surface area contributed by atoms with Gasteiger partial charge in [0.15, 0.2) is 5.75 Å². The molecule has 2 aromatic rings. The summed E-state index contributed by atoms with van der Waals surface area (Å²) in [6.45, 7) is 0. The lowest BCUT2D eigenvalue weighted by atomic mass is 10.5. The molecule has 2 rings (SSSR count). The van der Waals surface area contributed by atoms with Gasteiger partial charge in [-0.05, 0) is 0 Å². The molecule has 0 spiro atoms. The number of nitrogens with zero attached hydrogens (tertiary/aromatic N) is 5. The van der Waals surface area contributed by atoms with Gasteiger partial charge in [0.25, 0.3) is 17.6 Å². The Morgan fingerprint density at radius 2 is 1.65 bits per heavy atom. The van der Waals surface area contributed by atoms with Crippen LogP contribution in [0.2, 0.25) is 0 Å². The van der Waals surface area contributed by atoms with Crippen molar-refractivity contribution in [2.24, 2.45) is 0 Å². The molecule has 2 heterocycles. The maximum atomic E-state index is 10.0. The van der Waals surface area contributed by atoms with Crippen LogP contribution in [0.4, 0.5) is 5.69 Å². The van der Waals surface area contributed by atoms with E-state index >= 15 is 0 Å². The quantitative estimate of drug-likeness (QED) is 0.503. The van der Waals surface area contributed by atoms with Gasteiger partial charge in [-0.3, -0.25) is 10.1 Å². The van der Waals surface area contributed by atoms with Gasteiger partial charge in [0, 0.05) is 0 Å². The number of hydrogen-bond donors (Lipinski definition) is 3. The van der Waals surface area contributed by atoms with Gasteiger partial charge in [0.05, 0.1) is 18.2 Å². The van der Waals surface area contributed by atoms with Gasteiger partial charge in [0.1, 0.15) is 12.7 Å². The van der Waals surface area contributed by atoms with E-state index in [1.165, 1.54) is 19.6 Å². The molecule has 0 atom stereocenters. The van der Waals surface area contributed by atoms with Crippen LogP contribution in [-0.2, 0) is 0 Å². The Bertz CT molecular complexity index is 587. The van der Waals surface area contributed by atoms with E-state index in [-0.39, 0.29) is 11.6 Å². The zero-order valence-electron chi connectivity index (χ0n) is 10.0. The van der Waals surface area contributed by atoms with E-state index in [4.69, 9.17) is 15.3 Å². The summed E-state index contributed by atoms with van der Waals surface area (Å²) in [5, 5.41) is 36.3. The van der Waals surface area contributed by atoms with Gasteiger partial charge in [-0.15, -0.1) is 0 Å². The molecule has 106 valence electrons. The second-order valence-electron chi connectivity index (χ2n) is 3.04. The molecular weight excluding hydrogens is 274 g/mol. The molecule has 11 nitrogen and oxygen atoms in total. The van der Waals surface area contributed by atoms with Gasteiger partial charge in [-0.25, -0.2) is 4.98 Å². The lowest BCUT2D eigenvalue weighted by Gasteiger charge is -1.97. The van der Waals surface area contributed by atoms with Crippen molar-refractivity contribution in [1.82, 2.24) is 19.9 Å². The topological polar surface area (TPSA) is 165 Å². The van der Waals surface area contributed by atoms with Crippen LogP contribution in [0.5, 0.6) is 23.4 Å². The highest BCUT2D eigenvalue weighted by molar-refractivity contribution is 5.46. The Labute approximate surface area is 111 Å². The Balaban J connectivity index is 0.000000204. The van der Waals surface area contributed by atoms with Crippen LogP contribution >= 0.6 is 0 Å². The number of ether oxygens (including phenoxy) is 1. The highest BCUT2D eigenvalue weighted by Gasteiger charge is 2.21. The van der Waals surface area contributed by atoms with Gasteiger partial charge >= 0.3 is 5.69 Å². The zero-order chi connectivity index (χ0) is 15.1. The van der Waals surface area contributed by atoms with E-state index in [9.17, 15) is 10.1 Å². The molecule has 3 N–H and O–H groups in total. The lowest BCUT2D eigenvalue weighted by Crippen LogP contribution is -1.92. The average Bonchev–Trinajstić information content (AvgIpc) is 2.39. The molecule has 0 radical (unpaired) electrons. The van der Waals surface area contributed by atoms with Crippen molar-refractivity contribution in [3.63, 3.8) is 0 Å². The third-order valence-electron chi connectivity index (χ3n) is 1.84. The first-order chi connectivity index (χ1) is 9.47. The Morgan fingerprint density at radius 1 is 1.10 bits per heavy atom. The fourth-order valence-corrected chi connectivity index (χ4v) is 0.978. The van der Waals surface area contributed by atoms with Crippen LogP contribution in [0.15, 0.2) is 18.9 Å². The summed E-state index contributed by atoms with van der Waals surface area (Å²) in [6.07, 6.45) is 3.46. The van der Waals surface area contributed by atoms with Crippen molar-refractivity contribution in [2.45, 2.75) is 0 Å². The van der Waals surface area contributed by atoms with Crippen LogP contribution in [-0.4, -0.2) is 47.3 Å². The summed E-state index contributed by atoms with van der Waals surface area (Å²) < 4.78 is 4.67. The fourth-order valence-electron chi connectivity index (χ4n) is 0.978. The zero-order valence-corrected chi connectivity index (χ0v) is 10.0. The van der Waals surface area contributed by atoms with Crippen LogP contribution in [0.3, 0.4) is 0 Å². The molecule has 0 amide bonds. The highest BCUT2D eigenvalue weighted by atomic mass is 16.6. The third kappa shape index (κ3) is 3.63. The predicted molar refractivity (Wildman–Crippen MR) is 62.3 cm³/mol. The minimum atomic E-state index is -0.968. The predicted octanol–water partition coefficient (Wildman–Crippen LogP) is -0.0132. The standard InChI is InChI=1S/C5H6N2O2.C4H3N3O4/c1-9-4-2-6-3-7-5(4)8;8-3-2(7(10)11)4(9)6-1-5-3/h2-3H,1H3,(H,6,7,8);1H,(H2,5,6,8,9). The molecule has 0 aliphatic heterocycles. The van der Waals surface area contributed by atoms with Crippen LogP contribution in [0.25, 0.3) is 0 Å². The smallest absolute Gasteiger partial charge is 0.391 e. The maximum absolute atomic E-state index is 10.0. The van der Waals surface area contributed by atoms with Gasteiger partial charge in [-0.2, -0.15) is 15.0 Å². The summed E-state index contributed by atoms with van der Waals surface area (Å²) in [6, 6.07) is 0. The SMILES string of the molecule is COc1cncnc1O.O=[N+]([O-])c1c(O)ncnc1O. The van der Waals surface area contributed by atoms with Gasteiger partial charge in [0.2, 0.25) is 0 Å². The first kappa shape index (κ1) is 14.8. The van der Waals surface area contributed by atoms with Crippen molar-refractivity contribution < 1.29 is 25.0 Å². The van der Waals surface area contributed by atoms with Gasteiger partial charge in [-0.1, -0.05) is 0 Å². The van der Waals surface area contributed by atoms with Crippen LogP contribution in [0.1, 0.15) is 0 Å². The number of aromatic nitrogens is 4. The van der Waals surface area contributed by atoms with Crippen LogP contribution in [0, 0.1) is 10.1 Å². The molecule has 11 heteroatoms. The third-order valence-corrected chi connectivity index (χ3v) is 1.84. The number of nitro groups is 1. The Kier molecular flexibility index (Phi) is 4.91. The van der Waals surface area contributed by atoms with Gasteiger partial charge < -0.3 is 20.1 Å². The fraction of sp³-hybridized carbons (Fsp3) is 0.111. The van der Waals surface area contributed by atoms with Crippen molar-refractivity contribution in [2.75, 3.05) is 7.11 Å². The highest BCUT2D eigenvalue weighted by Crippen LogP contribution is 2.29. The largest absolute Gasteiger partial charge is 0.491 e. The molecule has 0 aromatic carbocycles. The second kappa shape index (κ2) is 6.63. The molecule has 0 saturated heterocycles. The summed E-state index contributed by atoms with van der Waals surface area (Å²) in [4.78, 5) is 22.4. The number of rotatable bonds is 2. The van der Waals surface area contributed by atoms with E-state index < -0.39 is 22.4 Å². The van der Waals surface area contributed by atoms with Crippen LogP contribution < -0.4 is 4.74 Å².